The monoisotopic (exact) mass is 338 g/mol. The van der Waals surface area contributed by atoms with Crippen LogP contribution in [0.25, 0.3) is 0 Å². The number of hydrogen-bond acceptors (Lipinski definition) is 4. The second-order valence-electron chi connectivity index (χ2n) is 3.58. The molecule has 15 heavy (non-hydrogen) atoms. The van der Waals surface area contributed by atoms with Crippen molar-refractivity contribution in [2.45, 2.75) is 18.3 Å². The maximum absolute atomic E-state index is 11.6. The van der Waals surface area contributed by atoms with Crippen LogP contribution in [0.1, 0.15) is 6.92 Å². The molecule has 0 aromatic rings. The molecule has 2 aliphatic rings. The fourth-order valence-corrected chi connectivity index (χ4v) is 4.14. The van der Waals surface area contributed by atoms with Gasteiger partial charge in [-0.05, 0) is 5.57 Å². The number of alkyl halides is 1. The molecule has 0 bridgehead atoms. The molecule has 0 aromatic carbocycles. The molecule has 2 rings (SSSR count). The highest BCUT2D eigenvalue weighted by Gasteiger charge is 2.50. The average molecular weight is 338 g/mol. The Morgan fingerprint density at radius 1 is 1.73 bits per heavy atom. The Kier molecular flexibility index (Phi) is 3.09. The number of carbonyl (C=O) groups is 2. The minimum Gasteiger partial charge on any atom is -0.317 e. The molecule has 2 atom stereocenters. The summed E-state index contributed by atoms with van der Waals surface area (Å²) < 4.78 is 0.783. The van der Waals surface area contributed by atoms with Crippen molar-refractivity contribution in [3.8, 4) is 0 Å². The molecule has 0 radical (unpaired) electrons. The molecule has 6 heteroatoms. The van der Waals surface area contributed by atoms with Crippen molar-refractivity contribution in [3.05, 3.63) is 11.3 Å². The van der Waals surface area contributed by atoms with Crippen LogP contribution >= 0.6 is 34.4 Å². The minimum atomic E-state index is -0.430. The van der Waals surface area contributed by atoms with E-state index in [1.54, 1.807) is 16.7 Å². The van der Waals surface area contributed by atoms with E-state index < -0.39 is 6.04 Å². The smallest absolute Gasteiger partial charge is 0.248 e. The van der Waals surface area contributed by atoms with Crippen molar-refractivity contribution < 1.29 is 9.59 Å². The number of hydrogen-bond donors (Lipinski definition) is 1. The molecule has 0 aromatic heterocycles. The zero-order valence-corrected chi connectivity index (χ0v) is 11.2. The second kappa shape index (κ2) is 4.06. The molecule has 1 amide bonds. The first-order valence-corrected chi connectivity index (χ1v) is 7.14. The molecule has 0 saturated carbocycles. The summed E-state index contributed by atoms with van der Waals surface area (Å²) >= 11 is 3.86. The Labute approximate surface area is 106 Å². The molecule has 2 heterocycles. The Morgan fingerprint density at radius 2 is 2.40 bits per heavy atom. The van der Waals surface area contributed by atoms with E-state index in [-0.39, 0.29) is 17.1 Å². The van der Waals surface area contributed by atoms with Gasteiger partial charge in [-0.1, -0.05) is 22.6 Å². The Morgan fingerprint density at radius 3 is 2.93 bits per heavy atom. The summed E-state index contributed by atoms with van der Waals surface area (Å²) in [5, 5.41) is -0.0249. The van der Waals surface area contributed by atoms with E-state index in [0.29, 0.717) is 5.70 Å². The van der Waals surface area contributed by atoms with Gasteiger partial charge in [0.2, 0.25) is 5.91 Å². The molecule has 82 valence electrons. The Hall–Kier alpha value is -0.0800. The maximum Gasteiger partial charge on any atom is 0.248 e. The molecular weight excluding hydrogens is 327 g/mol. The van der Waals surface area contributed by atoms with E-state index in [2.05, 4.69) is 22.6 Å². The first-order valence-electron chi connectivity index (χ1n) is 4.57. The number of amides is 1. The van der Waals surface area contributed by atoms with Crippen molar-refractivity contribution in [1.82, 2.24) is 4.90 Å². The Bertz CT molecular complexity index is 369. The topological polar surface area (TPSA) is 63.4 Å². The van der Waals surface area contributed by atoms with Crippen LogP contribution in [-0.4, -0.2) is 38.2 Å². The highest BCUT2D eigenvalue weighted by atomic mass is 127. The summed E-state index contributed by atoms with van der Waals surface area (Å²) in [6.45, 7) is 1.51. The molecule has 2 unspecified atom stereocenters. The third-order valence-corrected chi connectivity index (χ3v) is 4.86. The fraction of sp³-hybridized carbons (Fsp3) is 0.556. The number of Topliss-reactive ketones (excluding diaryl/α,β-unsaturated/α-hetero) is 1. The van der Waals surface area contributed by atoms with Crippen LogP contribution in [0.3, 0.4) is 0 Å². The molecule has 2 aliphatic heterocycles. The molecule has 2 N–H and O–H groups in total. The lowest BCUT2D eigenvalue weighted by Crippen LogP contribution is -2.68. The fourth-order valence-electron chi connectivity index (χ4n) is 1.85. The predicted octanol–water partition coefficient (Wildman–Crippen LogP) is 0.507. The third-order valence-electron chi connectivity index (χ3n) is 2.58. The highest BCUT2D eigenvalue weighted by Crippen LogP contribution is 2.39. The summed E-state index contributed by atoms with van der Waals surface area (Å²) in [5.74, 6) is 0.645. The lowest BCUT2D eigenvalue weighted by atomic mass is 10.0. The summed E-state index contributed by atoms with van der Waals surface area (Å²) in [7, 11) is 0. The van der Waals surface area contributed by atoms with Crippen molar-refractivity contribution in [2.24, 2.45) is 5.73 Å². The number of nitrogens with zero attached hydrogens (tertiary/aromatic N) is 1. The summed E-state index contributed by atoms with van der Waals surface area (Å²) in [4.78, 5) is 24.6. The number of rotatable bonds is 2. The summed E-state index contributed by atoms with van der Waals surface area (Å²) in [5.41, 5.74) is 7.31. The number of ketones is 1. The third kappa shape index (κ3) is 1.62. The van der Waals surface area contributed by atoms with E-state index in [1.165, 1.54) is 6.92 Å². The number of fused-ring (bicyclic) bond motifs is 1. The van der Waals surface area contributed by atoms with Gasteiger partial charge in [-0.15, -0.1) is 11.8 Å². The van der Waals surface area contributed by atoms with Crippen LogP contribution in [0, 0.1) is 0 Å². The predicted molar refractivity (Wildman–Crippen MR) is 67.7 cm³/mol. The zero-order valence-electron chi connectivity index (χ0n) is 8.20. The molecule has 1 saturated heterocycles. The Balaban J connectivity index is 2.38. The van der Waals surface area contributed by atoms with Gasteiger partial charge in [0.05, 0.1) is 5.70 Å². The van der Waals surface area contributed by atoms with Crippen LogP contribution in [0.5, 0.6) is 0 Å². The highest BCUT2D eigenvalue weighted by molar-refractivity contribution is 14.1. The van der Waals surface area contributed by atoms with E-state index in [1.807, 2.05) is 0 Å². The standard InChI is InChI=1S/C9H11IN2O2S/c1-4(13)7-5(2-10)3-15-9-6(11)8(14)12(7)9/h6,9H,2-3,11H2,1H3. The van der Waals surface area contributed by atoms with E-state index in [4.69, 9.17) is 5.73 Å². The van der Waals surface area contributed by atoms with Crippen LogP contribution in [0.4, 0.5) is 0 Å². The molecular formula is C9H11IN2O2S. The second-order valence-corrected chi connectivity index (χ2v) is 5.45. The quantitative estimate of drug-likeness (QED) is 0.453. The van der Waals surface area contributed by atoms with Crippen molar-refractivity contribution >= 4 is 46.0 Å². The lowest BCUT2D eigenvalue weighted by molar-refractivity contribution is -0.143. The van der Waals surface area contributed by atoms with E-state index >= 15 is 0 Å². The van der Waals surface area contributed by atoms with Gasteiger partial charge in [-0.25, -0.2) is 0 Å². The first kappa shape index (κ1) is 11.4. The van der Waals surface area contributed by atoms with Gasteiger partial charge in [-0.3, -0.25) is 14.5 Å². The van der Waals surface area contributed by atoms with E-state index in [9.17, 15) is 9.59 Å². The normalized spacial score (nSPS) is 30.1. The minimum absolute atomic E-state index is 0.0249. The van der Waals surface area contributed by atoms with Crippen molar-refractivity contribution in [3.63, 3.8) is 0 Å². The van der Waals surface area contributed by atoms with Gasteiger partial charge in [-0.2, -0.15) is 0 Å². The zero-order chi connectivity index (χ0) is 11.2. The SMILES string of the molecule is CC(=O)C1=C(CI)CSC2C(N)C(=O)N12. The van der Waals surface area contributed by atoms with Crippen molar-refractivity contribution in [2.75, 3.05) is 10.2 Å². The maximum atomic E-state index is 11.6. The van der Waals surface area contributed by atoms with Gasteiger partial charge < -0.3 is 5.73 Å². The average Bonchev–Trinajstić information content (AvgIpc) is 2.25. The number of β-lactam (4-membered cyclic amide) rings is 1. The van der Waals surface area contributed by atoms with Gasteiger partial charge in [0.1, 0.15) is 11.4 Å². The largest absolute Gasteiger partial charge is 0.317 e. The number of allylic oxidation sites excluding steroid dienone is 1. The number of halogens is 1. The molecule has 4 nitrogen and oxygen atoms in total. The molecule has 1 fully saturated rings. The summed E-state index contributed by atoms with van der Waals surface area (Å²) in [6, 6.07) is -0.430. The number of thioether (sulfide) groups is 1. The number of carbonyl (C=O) groups excluding carboxylic acids is 2. The van der Waals surface area contributed by atoms with Crippen LogP contribution in [-0.2, 0) is 9.59 Å². The summed E-state index contributed by atoms with van der Waals surface area (Å²) in [6.07, 6.45) is 0. The van der Waals surface area contributed by atoms with Gasteiger partial charge in [0.25, 0.3) is 0 Å². The molecule has 0 spiro atoms. The lowest BCUT2D eigenvalue weighted by Gasteiger charge is -2.48. The molecule has 0 aliphatic carbocycles. The van der Waals surface area contributed by atoms with Gasteiger partial charge in [0, 0.05) is 17.1 Å². The van der Waals surface area contributed by atoms with E-state index in [0.717, 1.165) is 15.8 Å². The van der Waals surface area contributed by atoms with Crippen LogP contribution in [0.15, 0.2) is 11.3 Å². The van der Waals surface area contributed by atoms with Gasteiger partial charge >= 0.3 is 0 Å². The number of nitrogens with two attached hydrogens (primary N) is 1. The van der Waals surface area contributed by atoms with Crippen molar-refractivity contribution in [1.29, 1.82) is 0 Å². The van der Waals surface area contributed by atoms with Crippen LogP contribution in [0.2, 0.25) is 0 Å². The van der Waals surface area contributed by atoms with Gasteiger partial charge in [0.15, 0.2) is 5.78 Å². The van der Waals surface area contributed by atoms with Crippen LogP contribution < -0.4 is 5.73 Å². The first-order chi connectivity index (χ1) is 7.07.